The number of rotatable bonds is 2. The van der Waals surface area contributed by atoms with Gasteiger partial charge in [-0.2, -0.15) is 12.2 Å². The van der Waals surface area contributed by atoms with Gasteiger partial charge < -0.3 is 49.6 Å². The minimum absolute atomic E-state index is 0. The van der Waals surface area contributed by atoms with Crippen LogP contribution < -0.4 is 49.6 Å². The second-order valence-electron chi connectivity index (χ2n) is 4.79. The Morgan fingerprint density at radius 3 is 1.10 bits per heavy atom. The molecule has 2 aliphatic rings. The van der Waals surface area contributed by atoms with E-state index in [1.165, 1.54) is 11.1 Å². The van der Waals surface area contributed by atoms with Crippen molar-refractivity contribution in [2.45, 2.75) is 40.5 Å². The molecule has 0 aromatic heterocycles. The van der Waals surface area contributed by atoms with Gasteiger partial charge in [0.1, 0.15) is 0 Å². The molecule has 0 fully saturated rings. The van der Waals surface area contributed by atoms with Crippen molar-refractivity contribution >= 4 is 0 Å². The maximum absolute atomic E-state index is 3.26. The van der Waals surface area contributed by atoms with Gasteiger partial charge in [0.15, 0.2) is 0 Å². The normalized spacial score (nSPS) is 13.4. The van der Waals surface area contributed by atoms with Gasteiger partial charge in [0.05, 0.1) is 0 Å². The Kier molecular flexibility index (Phi) is 30.0. The summed E-state index contributed by atoms with van der Waals surface area (Å²) in [4.78, 5) is 0. The molecule has 0 aliphatic heterocycles. The van der Waals surface area contributed by atoms with E-state index in [9.17, 15) is 0 Å². The van der Waals surface area contributed by atoms with Crippen LogP contribution in [0.4, 0.5) is 0 Å². The van der Waals surface area contributed by atoms with Crippen molar-refractivity contribution < 1.29 is 70.7 Å². The fourth-order valence-corrected chi connectivity index (χ4v) is 1.64. The minimum Gasteiger partial charge on any atom is -1.00 e. The van der Waals surface area contributed by atoms with Crippen LogP contribution in [0, 0.1) is 24.0 Å². The van der Waals surface area contributed by atoms with Crippen LogP contribution in [0.3, 0.4) is 0 Å². The van der Waals surface area contributed by atoms with Gasteiger partial charge in [-0.05, 0) is 0 Å². The van der Waals surface area contributed by atoms with Crippen LogP contribution in [0.5, 0.6) is 0 Å². The van der Waals surface area contributed by atoms with E-state index in [1.54, 1.807) is 0 Å². The molecule has 0 bridgehead atoms. The minimum atomic E-state index is 0. The van der Waals surface area contributed by atoms with E-state index in [4.69, 9.17) is 0 Å². The Morgan fingerprint density at radius 2 is 1.00 bits per heavy atom. The summed E-state index contributed by atoms with van der Waals surface area (Å²) in [5.74, 6) is 1.32. The SMILES string of the molecule is CC(C)C1=[C-]CC=C1.CC(C)C1=[C-]CC=C1.[Cl-].[Cl-].[Cl-].[Cl-].[W]. The first-order valence-electron chi connectivity index (χ1n) is 6.15. The van der Waals surface area contributed by atoms with Gasteiger partial charge in [0.2, 0.25) is 0 Å². The average molecular weight is 540 g/mol. The largest absolute Gasteiger partial charge is 1.00 e. The van der Waals surface area contributed by atoms with Crippen molar-refractivity contribution in [3.05, 3.63) is 47.6 Å². The predicted octanol–water partition coefficient (Wildman–Crippen LogP) is -7.32. The van der Waals surface area contributed by atoms with Gasteiger partial charge in [0.25, 0.3) is 0 Å². The molecular weight excluding hydrogens is 518 g/mol. The van der Waals surface area contributed by atoms with Gasteiger partial charge in [-0.1, -0.05) is 39.5 Å². The molecule has 0 saturated carbocycles. The van der Waals surface area contributed by atoms with E-state index in [1.807, 2.05) is 0 Å². The maximum Gasteiger partial charge on any atom is 0 e. The first-order chi connectivity index (χ1) is 7.61. The van der Waals surface area contributed by atoms with E-state index in [0.29, 0.717) is 11.8 Å². The Bertz CT molecular complexity index is 308. The third-order valence-electron chi connectivity index (χ3n) is 2.69. The van der Waals surface area contributed by atoms with Gasteiger partial charge in [-0.15, -0.1) is 12.8 Å². The van der Waals surface area contributed by atoms with Crippen molar-refractivity contribution in [1.29, 1.82) is 0 Å². The third kappa shape index (κ3) is 14.1. The van der Waals surface area contributed by atoms with Crippen LogP contribution in [-0.4, -0.2) is 0 Å². The van der Waals surface area contributed by atoms with Gasteiger partial charge in [-0.3, -0.25) is 12.2 Å². The predicted molar refractivity (Wildman–Crippen MR) is 70.7 cm³/mol. The Hall–Kier alpha value is 0.808. The Labute approximate surface area is 169 Å². The molecule has 0 aromatic carbocycles. The van der Waals surface area contributed by atoms with E-state index in [0.717, 1.165) is 12.8 Å². The average Bonchev–Trinajstić information content (AvgIpc) is 2.93. The van der Waals surface area contributed by atoms with Crippen LogP contribution in [-0.2, 0) is 21.1 Å². The molecule has 0 spiro atoms. The van der Waals surface area contributed by atoms with Crippen LogP contribution in [0.25, 0.3) is 0 Å². The fraction of sp³-hybridized carbons (Fsp3) is 0.500. The van der Waals surface area contributed by atoms with E-state index < -0.39 is 0 Å². The summed E-state index contributed by atoms with van der Waals surface area (Å²) >= 11 is 0. The summed E-state index contributed by atoms with van der Waals surface area (Å²) in [5.41, 5.74) is 2.73. The molecular formula is C16H22Cl4W-6. The van der Waals surface area contributed by atoms with Crippen molar-refractivity contribution in [2.75, 3.05) is 0 Å². The smallest absolute Gasteiger partial charge is 0 e. The quantitative estimate of drug-likeness (QED) is 0.306. The molecule has 0 heterocycles. The molecule has 126 valence electrons. The maximum atomic E-state index is 3.26. The van der Waals surface area contributed by atoms with Crippen molar-refractivity contribution in [1.82, 2.24) is 0 Å². The van der Waals surface area contributed by atoms with E-state index >= 15 is 0 Å². The van der Waals surface area contributed by atoms with E-state index in [2.05, 4.69) is 64.2 Å². The first-order valence-corrected chi connectivity index (χ1v) is 6.15. The second kappa shape index (κ2) is 18.9. The zero-order valence-electron chi connectivity index (χ0n) is 12.8. The second-order valence-corrected chi connectivity index (χ2v) is 4.79. The third-order valence-corrected chi connectivity index (χ3v) is 2.69. The first kappa shape index (κ1) is 33.4. The van der Waals surface area contributed by atoms with Gasteiger partial charge in [-0.25, -0.2) is 23.3 Å². The number of hydrogen-bond acceptors (Lipinski definition) is 0. The fourth-order valence-electron chi connectivity index (χ4n) is 1.64. The zero-order valence-corrected chi connectivity index (χ0v) is 18.8. The molecule has 21 heavy (non-hydrogen) atoms. The summed E-state index contributed by atoms with van der Waals surface area (Å²) in [5, 5.41) is 0. The summed E-state index contributed by atoms with van der Waals surface area (Å²) in [6, 6.07) is 0. The molecule has 0 saturated heterocycles. The van der Waals surface area contributed by atoms with E-state index in [-0.39, 0.29) is 70.7 Å². The molecule has 2 rings (SSSR count). The summed E-state index contributed by atoms with van der Waals surface area (Å²) in [7, 11) is 0. The Balaban J connectivity index is -0.0000000656. The molecule has 0 nitrogen and oxygen atoms in total. The molecule has 0 atom stereocenters. The monoisotopic (exact) mass is 538 g/mol. The molecule has 0 N–H and O–H groups in total. The number of hydrogen-bond donors (Lipinski definition) is 0. The van der Waals surface area contributed by atoms with Crippen LogP contribution in [0.2, 0.25) is 0 Å². The molecule has 0 radical (unpaired) electrons. The number of halogens is 4. The van der Waals surface area contributed by atoms with Gasteiger partial charge in [0, 0.05) is 21.1 Å². The molecule has 2 aliphatic carbocycles. The molecule has 5 heteroatoms. The summed E-state index contributed by atoms with van der Waals surface area (Å²) in [6.45, 7) is 8.77. The topological polar surface area (TPSA) is 0 Å². The van der Waals surface area contributed by atoms with Crippen molar-refractivity contribution in [3.63, 3.8) is 0 Å². The van der Waals surface area contributed by atoms with Gasteiger partial charge >= 0.3 is 0 Å². The molecule has 0 unspecified atom stereocenters. The van der Waals surface area contributed by atoms with Crippen molar-refractivity contribution in [2.24, 2.45) is 11.8 Å². The van der Waals surface area contributed by atoms with Crippen LogP contribution >= 0.6 is 0 Å². The number of allylic oxidation sites excluding steroid dienone is 8. The Morgan fingerprint density at radius 1 is 0.714 bits per heavy atom. The molecule has 0 amide bonds. The standard InChI is InChI=1S/2C8H11.4ClH.W/c2*1-7(2)8-5-3-4-6-8;;;;;/h2*3,5,7H,4H2,1-2H3;4*1H;/q2*-1;;;;;/p-4. The van der Waals surface area contributed by atoms with Crippen LogP contribution in [0.15, 0.2) is 35.5 Å². The summed E-state index contributed by atoms with van der Waals surface area (Å²) < 4.78 is 0. The van der Waals surface area contributed by atoms with Crippen LogP contribution in [0.1, 0.15) is 40.5 Å². The zero-order chi connectivity index (χ0) is 12.0. The molecule has 0 aromatic rings. The van der Waals surface area contributed by atoms with Crippen molar-refractivity contribution in [3.8, 4) is 0 Å². The summed E-state index contributed by atoms with van der Waals surface area (Å²) in [6.07, 6.45) is 17.2.